The van der Waals surface area contributed by atoms with Gasteiger partial charge in [-0.25, -0.2) is 0 Å². The molecule has 0 spiro atoms. The highest BCUT2D eigenvalue weighted by molar-refractivity contribution is 5.23. The first-order valence-electron chi connectivity index (χ1n) is 8.48. The molecule has 0 radical (unpaired) electrons. The number of hydrogen-bond acceptors (Lipinski definition) is 3. The van der Waals surface area contributed by atoms with E-state index in [4.69, 9.17) is 5.73 Å². The van der Waals surface area contributed by atoms with Gasteiger partial charge in [-0.15, -0.1) is 0 Å². The molecule has 1 aromatic rings. The molecule has 1 heterocycles. The Morgan fingerprint density at radius 1 is 1.05 bits per heavy atom. The fraction of sp³-hybridized carbons (Fsp3) is 0.667. The minimum absolute atomic E-state index is 0.161. The highest BCUT2D eigenvalue weighted by Crippen LogP contribution is 2.48. The third-order valence-corrected chi connectivity index (χ3v) is 6.03. The van der Waals surface area contributed by atoms with Gasteiger partial charge in [0.2, 0.25) is 0 Å². The topological polar surface area (TPSA) is 49.5 Å². The van der Waals surface area contributed by atoms with Gasteiger partial charge < -0.3 is 10.8 Å². The normalized spacial score (nSPS) is 35.6. The van der Waals surface area contributed by atoms with Crippen molar-refractivity contribution in [1.29, 1.82) is 0 Å². The van der Waals surface area contributed by atoms with Crippen LogP contribution in [-0.2, 0) is 0 Å². The van der Waals surface area contributed by atoms with Crippen molar-refractivity contribution in [2.75, 3.05) is 13.1 Å². The number of hydrogen-bond donors (Lipinski definition) is 2. The lowest BCUT2D eigenvalue weighted by Gasteiger charge is -2.36. The van der Waals surface area contributed by atoms with E-state index in [9.17, 15) is 5.11 Å². The van der Waals surface area contributed by atoms with Crippen molar-refractivity contribution >= 4 is 0 Å². The van der Waals surface area contributed by atoms with Crippen LogP contribution in [0.15, 0.2) is 30.3 Å². The first-order chi connectivity index (χ1) is 10.3. The molecule has 0 bridgehead atoms. The van der Waals surface area contributed by atoms with Crippen LogP contribution in [0, 0.1) is 17.8 Å². The fourth-order valence-electron chi connectivity index (χ4n) is 4.66. The Labute approximate surface area is 127 Å². The molecule has 3 N–H and O–H groups in total. The zero-order chi connectivity index (χ0) is 14.4. The number of piperidine rings is 1. The Kier molecular flexibility index (Phi) is 3.52. The van der Waals surface area contributed by atoms with Crippen molar-refractivity contribution in [3.8, 4) is 0 Å². The molecule has 114 valence electrons. The van der Waals surface area contributed by atoms with E-state index in [0.717, 1.165) is 13.1 Å². The summed E-state index contributed by atoms with van der Waals surface area (Å²) in [4.78, 5) is 2.50. The predicted molar refractivity (Wildman–Crippen MR) is 83.7 cm³/mol. The molecule has 4 atom stereocenters. The van der Waals surface area contributed by atoms with Crippen LogP contribution >= 0.6 is 0 Å². The Morgan fingerprint density at radius 2 is 1.67 bits per heavy atom. The Balaban J connectivity index is 1.57. The van der Waals surface area contributed by atoms with Crippen LogP contribution in [0.1, 0.15) is 37.3 Å². The molecule has 1 aliphatic heterocycles. The van der Waals surface area contributed by atoms with Gasteiger partial charge in [0.25, 0.3) is 0 Å². The van der Waals surface area contributed by atoms with E-state index in [0.29, 0.717) is 23.8 Å². The van der Waals surface area contributed by atoms with Crippen LogP contribution in [0.5, 0.6) is 0 Å². The third-order valence-electron chi connectivity index (χ3n) is 6.03. The number of benzene rings is 1. The first-order valence-corrected chi connectivity index (χ1v) is 8.48. The molecular weight excluding hydrogens is 260 g/mol. The molecular formula is C18H26N2O. The van der Waals surface area contributed by atoms with E-state index in [2.05, 4.69) is 35.2 Å². The zero-order valence-electron chi connectivity index (χ0n) is 12.6. The molecule has 0 amide bonds. The van der Waals surface area contributed by atoms with Crippen molar-refractivity contribution in [3.05, 3.63) is 35.9 Å². The third kappa shape index (κ3) is 2.41. The summed E-state index contributed by atoms with van der Waals surface area (Å²) < 4.78 is 0. The van der Waals surface area contributed by atoms with Gasteiger partial charge in [-0.1, -0.05) is 43.2 Å². The molecule has 1 aromatic carbocycles. The Bertz CT molecular complexity index is 473. The zero-order valence-corrected chi connectivity index (χ0v) is 12.6. The molecule has 3 nitrogen and oxygen atoms in total. The molecule has 1 saturated heterocycles. The summed E-state index contributed by atoms with van der Waals surface area (Å²) in [5.74, 6) is 1.82. The molecule has 21 heavy (non-hydrogen) atoms. The van der Waals surface area contributed by atoms with E-state index in [1.165, 1.54) is 31.2 Å². The summed E-state index contributed by atoms with van der Waals surface area (Å²) >= 11 is 0. The largest absolute Gasteiger partial charge is 0.391 e. The average molecular weight is 286 g/mol. The first kappa shape index (κ1) is 13.7. The SMILES string of the molecule is NC1C2CN(C(c3ccccc3)C(O)C3CCCC3)CC12. The summed E-state index contributed by atoms with van der Waals surface area (Å²) in [7, 11) is 0. The Morgan fingerprint density at radius 3 is 2.29 bits per heavy atom. The van der Waals surface area contributed by atoms with E-state index < -0.39 is 0 Å². The molecule has 3 aliphatic rings. The smallest absolute Gasteiger partial charge is 0.0765 e. The van der Waals surface area contributed by atoms with Crippen LogP contribution in [-0.4, -0.2) is 35.2 Å². The fourth-order valence-corrected chi connectivity index (χ4v) is 4.66. The number of fused-ring (bicyclic) bond motifs is 1. The van der Waals surface area contributed by atoms with Crippen molar-refractivity contribution in [3.63, 3.8) is 0 Å². The van der Waals surface area contributed by atoms with Gasteiger partial charge in [0.15, 0.2) is 0 Å². The standard InChI is InChI=1S/C18H26N2O/c19-16-14-10-20(11-15(14)16)17(12-6-2-1-3-7-12)18(21)13-8-4-5-9-13/h1-3,6-7,13-18,21H,4-5,8-11,19H2. The second-order valence-corrected chi connectivity index (χ2v) is 7.25. The van der Waals surface area contributed by atoms with Gasteiger partial charge in [0, 0.05) is 19.1 Å². The van der Waals surface area contributed by atoms with E-state index >= 15 is 0 Å². The van der Waals surface area contributed by atoms with Gasteiger partial charge >= 0.3 is 0 Å². The predicted octanol–water partition coefficient (Wildman–Crippen LogP) is 2.17. The van der Waals surface area contributed by atoms with Crippen molar-refractivity contribution in [2.24, 2.45) is 23.5 Å². The molecule has 2 aliphatic carbocycles. The summed E-state index contributed by atoms with van der Waals surface area (Å²) in [6, 6.07) is 11.2. The van der Waals surface area contributed by atoms with Crippen LogP contribution in [0.4, 0.5) is 0 Å². The minimum atomic E-state index is -0.233. The lowest BCUT2D eigenvalue weighted by Crippen LogP contribution is -2.41. The van der Waals surface area contributed by atoms with Crippen molar-refractivity contribution in [2.45, 2.75) is 43.9 Å². The van der Waals surface area contributed by atoms with Crippen LogP contribution in [0.2, 0.25) is 0 Å². The molecule has 3 fully saturated rings. The van der Waals surface area contributed by atoms with Crippen LogP contribution in [0.25, 0.3) is 0 Å². The van der Waals surface area contributed by atoms with Crippen LogP contribution in [0.3, 0.4) is 0 Å². The van der Waals surface area contributed by atoms with E-state index in [1.807, 2.05) is 0 Å². The highest BCUT2D eigenvalue weighted by atomic mass is 16.3. The number of aliphatic hydroxyl groups is 1. The lowest BCUT2D eigenvalue weighted by atomic mass is 9.89. The highest BCUT2D eigenvalue weighted by Gasteiger charge is 2.55. The number of likely N-dealkylation sites (tertiary alicyclic amines) is 1. The van der Waals surface area contributed by atoms with Gasteiger partial charge in [-0.2, -0.15) is 0 Å². The molecule has 4 unspecified atom stereocenters. The summed E-state index contributed by atoms with van der Waals surface area (Å²) in [5, 5.41) is 11.0. The summed E-state index contributed by atoms with van der Waals surface area (Å²) in [6.45, 7) is 2.13. The van der Waals surface area contributed by atoms with Gasteiger partial charge in [0.1, 0.15) is 0 Å². The van der Waals surface area contributed by atoms with Gasteiger partial charge in [-0.05, 0) is 36.2 Å². The summed E-state index contributed by atoms with van der Waals surface area (Å²) in [6.07, 6.45) is 4.69. The average Bonchev–Trinajstić information content (AvgIpc) is 3.00. The number of nitrogens with zero attached hydrogens (tertiary/aromatic N) is 1. The quantitative estimate of drug-likeness (QED) is 0.892. The number of rotatable bonds is 4. The maximum atomic E-state index is 11.0. The molecule has 2 saturated carbocycles. The molecule has 3 heteroatoms. The monoisotopic (exact) mass is 286 g/mol. The van der Waals surface area contributed by atoms with E-state index in [-0.39, 0.29) is 12.1 Å². The second kappa shape index (κ2) is 5.38. The number of nitrogens with two attached hydrogens (primary N) is 1. The Hall–Kier alpha value is -0.900. The maximum Gasteiger partial charge on any atom is 0.0765 e. The number of aliphatic hydroxyl groups excluding tert-OH is 1. The summed E-state index contributed by atoms with van der Waals surface area (Å²) in [5.41, 5.74) is 7.35. The van der Waals surface area contributed by atoms with Gasteiger partial charge in [0.05, 0.1) is 12.1 Å². The second-order valence-electron chi connectivity index (χ2n) is 7.25. The van der Waals surface area contributed by atoms with Crippen molar-refractivity contribution in [1.82, 2.24) is 4.90 Å². The van der Waals surface area contributed by atoms with Crippen molar-refractivity contribution < 1.29 is 5.11 Å². The lowest BCUT2D eigenvalue weighted by molar-refractivity contribution is 0.0143. The molecule has 4 rings (SSSR count). The maximum absolute atomic E-state index is 11.0. The van der Waals surface area contributed by atoms with Gasteiger partial charge in [-0.3, -0.25) is 4.90 Å². The molecule has 0 aromatic heterocycles. The minimum Gasteiger partial charge on any atom is -0.391 e. The van der Waals surface area contributed by atoms with Crippen LogP contribution < -0.4 is 5.73 Å². The van der Waals surface area contributed by atoms with E-state index in [1.54, 1.807) is 0 Å².